The lowest BCUT2D eigenvalue weighted by Gasteiger charge is -2.27. The molecule has 0 bridgehead atoms. The number of hydrogen-bond acceptors (Lipinski definition) is 4. The maximum absolute atomic E-state index is 13.6. The number of carbonyl (C=O) groups is 2. The average molecular weight is 524 g/mol. The summed E-state index contributed by atoms with van der Waals surface area (Å²) >= 11 is 18.1. The molecule has 1 atom stereocenters. The Morgan fingerprint density at radius 2 is 1.42 bits per heavy atom. The zero-order valence-electron chi connectivity index (χ0n) is 17.0. The molecule has 2 amide bonds. The van der Waals surface area contributed by atoms with E-state index in [-0.39, 0.29) is 17.9 Å². The van der Waals surface area contributed by atoms with Gasteiger partial charge in [0, 0.05) is 21.6 Å². The first-order valence-electron chi connectivity index (χ1n) is 9.81. The Morgan fingerprint density at radius 3 is 2.03 bits per heavy atom. The van der Waals surface area contributed by atoms with Crippen molar-refractivity contribution >= 4 is 62.3 Å². The maximum Gasteiger partial charge on any atom is 0.252 e. The fourth-order valence-electron chi connectivity index (χ4n) is 3.60. The van der Waals surface area contributed by atoms with E-state index in [2.05, 4.69) is 0 Å². The molecule has 0 N–H and O–H groups in total. The molecule has 0 spiro atoms. The van der Waals surface area contributed by atoms with Gasteiger partial charge in [-0.25, -0.2) is 13.3 Å². The Kier molecular flexibility index (Phi) is 6.79. The predicted octanol–water partition coefficient (Wildman–Crippen LogP) is 5.17. The summed E-state index contributed by atoms with van der Waals surface area (Å²) in [6, 6.07) is 17.3. The van der Waals surface area contributed by atoms with Gasteiger partial charge in [0.05, 0.1) is 17.0 Å². The average Bonchev–Trinajstić information content (AvgIpc) is 3.07. The number of anilines is 1. The quantitative estimate of drug-likeness (QED) is 0.418. The number of imide groups is 1. The van der Waals surface area contributed by atoms with Crippen LogP contribution in [0.25, 0.3) is 0 Å². The van der Waals surface area contributed by atoms with Crippen LogP contribution in [-0.2, 0) is 26.2 Å². The van der Waals surface area contributed by atoms with E-state index in [9.17, 15) is 18.0 Å². The monoisotopic (exact) mass is 522 g/mol. The van der Waals surface area contributed by atoms with Crippen LogP contribution in [0.1, 0.15) is 12.0 Å². The highest BCUT2D eigenvalue weighted by Crippen LogP contribution is 2.32. The van der Waals surface area contributed by atoms with Crippen molar-refractivity contribution < 1.29 is 18.0 Å². The Morgan fingerprint density at radius 1 is 0.848 bits per heavy atom. The van der Waals surface area contributed by atoms with Crippen molar-refractivity contribution in [3.05, 3.63) is 93.4 Å². The summed E-state index contributed by atoms with van der Waals surface area (Å²) in [5.74, 6) is -1.16. The third-order valence-electron chi connectivity index (χ3n) is 5.26. The van der Waals surface area contributed by atoms with Crippen LogP contribution in [0.3, 0.4) is 0 Å². The summed E-state index contributed by atoms with van der Waals surface area (Å²) < 4.78 is 28.3. The number of amides is 2. The van der Waals surface area contributed by atoms with E-state index in [0.29, 0.717) is 26.3 Å². The van der Waals surface area contributed by atoms with E-state index in [1.807, 2.05) is 0 Å². The summed E-state index contributed by atoms with van der Waals surface area (Å²) in [5.41, 5.74) is 0.820. The molecule has 4 rings (SSSR count). The molecular weight excluding hydrogens is 507 g/mol. The van der Waals surface area contributed by atoms with E-state index in [1.54, 1.807) is 36.4 Å². The van der Waals surface area contributed by atoms with Crippen molar-refractivity contribution in [3.63, 3.8) is 0 Å². The van der Waals surface area contributed by atoms with Crippen molar-refractivity contribution in [2.24, 2.45) is 0 Å². The van der Waals surface area contributed by atoms with Crippen LogP contribution in [0.15, 0.2) is 77.7 Å². The molecule has 6 nitrogen and oxygen atoms in total. The maximum atomic E-state index is 13.6. The molecule has 33 heavy (non-hydrogen) atoms. The molecule has 0 aliphatic carbocycles. The molecular formula is C23H17Cl3N2O4S. The normalized spacial score (nSPS) is 16.6. The Bertz CT molecular complexity index is 1310. The van der Waals surface area contributed by atoms with Gasteiger partial charge >= 0.3 is 0 Å². The molecule has 0 radical (unpaired) electrons. The minimum atomic E-state index is -4.19. The van der Waals surface area contributed by atoms with Gasteiger partial charge in [0.1, 0.15) is 6.04 Å². The third-order valence-corrected chi connectivity index (χ3v) is 8.00. The second-order valence-corrected chi connectivity index (χ2v) is 10.5. The topological polar surface area (TPSA) is 74.8 Å². The number of rotatable bonds is 6. The van der Waals surface area contributed by atoms with Crippen molar-refractivity contribution in [2.45, 2.75) is 23.9 Å². The van der Waals surface area contributed by atoms with Crippen LogP contribution < -0.4 is 4.90 Å². The zero-order chi connectivity index (χ0) is 23.8. The van der Waals surface area contributed by atoms with E-state index in [4.69, 9.17) is 34.8 Å². The summed E-state index contributed by atoms with van der Waals surface area (Å²) in [5, 5.41) is 1.16. The largest absolute Gasteiger partial charge is 0.274 e. The highest BCUT2D eigenvalue weighted by atomic mass is 35.5. The van der Waals surface area contributed by atoms with Crippen LogP contribution in [0.2, 0.25) is 15.1 Å². The Balaban J connectivity index is 1.77. The molecule has 1 saturated heterocycles. The van der Waals surface area contributed by atoms with Gasteiger partial charge in [0.25, 0.3) is 5.91 Å². The minimum Gasteiger partial charge on any atom is -0.274 e. The molecule has 1 aliphatic rings. The summed E-state index contributed by atoms with van der Waals surface area (Å²) in [6.45, 7) is -0.192. The van der Waals surface area contributed by atoms with Crippen LogP contribution in [0.5, 0.6) is 0 Å². The number of carbonyl (C=O) groups excluding carboxylic acids is 2. The van der Waals surface area contributed by atoms with Gasteiger partial charge in [-0.15, -0.1) is 0 Å². The lowest BCUT2D eigenvalue weighted by atomic mass is 10.2. The highest BCUT2D eigenvalue weighted by Gasteiger charge is 2.47. The van der Waals surface area contributed by atoms with Crippen LogP contribution in [0, 0.1) is 0 Å². The van der Waals surface area contributed by atoms with Crippen LogP contribution >= 0.6 is 34.8 Å². The number of halogens is 3. The fraction of sp³-hybridized carbons (Fsp3) is 0.130. The van der Waals surface area contributed by atoms with Gasteiger partial charge in [-0.2, -0.15) is 4.31 Å². The smallest absolute Gasteiger partial charge is 0.252 e. The summed E-state index contributed by atoms with van der Waals surface area (Å²) in [6.07, 6.45) is -0.307. The van der Waals surface area contributed by atoms with Gasteiger partial charge in [-0.05, 0) is 60.2 Å². The molecule has 1 unspecified atom stereocenters. The van der Waals surface area contributed by atoms with Crippen molar-refractivity contribution in [1.82, 2.24) is 4.31 Å². The predicted molar refractivity (Wildman–Crippen MR) is 128 cm³/mol. The molecule has 3 aromatic rings. The van der Waals surface area contributed by atoms with Crippen LogP contribution in [-0.4, -0.2) is 30.6 Å². The second-order valence-electron chi connectivity index (χ2n) is 7.36. The third kappa shape index (κ3) is 4.78. The number of benzene rings is 3. The lowest BCUT2D eigenvalue weighted by molar-refractivity contribution is -0.122. The second kappa shape index (κ2) is 9.44. The van der Waals surface area contributed by atoms with E-state index < -0.39 is 27.9 Å². The van der Waals surface area contributed by atoms with E-state index in [0.717, 1.165) is 9.21 Å². The van der Waals surface area contributed by atoms with Gasteiger partial charge in [-0.1, -0.05) is 53.0 Å². The molecule has 1 heterocycles. The van der Waals surface area contributed by atoms with E-state index >= 15 is 0 Å². The van der Waals surface area contributed by atoms with Crippen LogP contribution in [0.4, 0.5) is 5.69 Å². The van der Waals surface area contributed by atoms with E-state index in [1.165, 1.54) is 36.4 Å². The molecule has 0 aromatic heterocycles. The first-order chi connectivity index (χ1) is 15.7. The number of hydrogen-bond donors (Lipinski definition) is 0. The van der Waals surface area contributed by atoms with Gasteiger partial charge < -0.3 is 0 Å². The highest BCUT2D eigenvalue weighted by molar-refractivity contribution is 7.89. The molecule has 10 heteroatoms. The lowest BCUT2D eigenvalue weighted by Crippen LogP contribution is -2.45. The van der Waals surface area contributed by atoms with Crippen molar-refractivity contribution in [1.29, 1.82) is 0 Å². The molecule has 1 aliphatic heterocycles. The van der Waals surface area contributed by atoms with Crippen molar-refractivity contribution in [3.8, 4) is 0 Å². The van der Waals surface area contributed by atoms with Gasteiger partial charge in [-0.3, -0.25) is 9.59 Å². The SMILES string of the molecule is O=C1CC(N(Cc2ccccc2Cl)S(=O)(=O)c2ccc(Cl)cc2)C(=O)N1c1ccc(Cl)cc1. The first-order valence-corrected chi connectivity index (χ1v) is 12.4. The molecule has 0 saturated carbocycles. The van der Waals surface area contributed by atoms with Crippen molar-refractivity contribution in [2.75, 3.05) is 4.90 Å². The minimum absolute atomic E-state index is 0.0517. The molecule has 1 fully saturated rings. The zero-order valence-corrected chi connectivity index (χ0v) is 20.1. The molecule has 3 aromatic carbocycles. The first kappa shape index (κ1) is 23.7. The Labute approximate surface area is 206 Å². The fourth-order valence-corrected chi connectivity index (χ4v) is 5.61. The standard InChI is InChI=1S/C23H17Cl3N2O4S/c24-16-5-9-18(10-6-16)28-22(29)13-21(23(28)30)27(14-15-3-1-2-4-20(15)26)33(31,32)19-11-7-17(25)8-12-19/h1-12,21H,13-14H2. The number of sulfonamides is 1. The summed E-state index contributed by atoms with van der Waals surface area (Å²) in [4.78, 5) is 27.1. The van der Waals surface area contributed by atoms with Gasteiger partial charge in [0.2, 0.25) is 15.9 Å². The summed E-state index contributed by atoms with van der Waals surface area (Å²) in [7, 11) is -4.19. The number of nitrogens with zero attached hydrogens (tertiary/aromatic N) is 2. The molecule has 170 valence electrons. The Hall–Kier alpha value is -2.42. The van der Waals surface area contributed by atoms with Gasteiger partial charge in [0.15, 0.2) is 0 Å².